The van der Waals surface area contributed by atoms with Gasteiger partial charge >= 0.3 is 0 Å². The molecule has 96 valence electrons. The van der Waals surface area contributed by atoms with Crippen LogP contribution in [0.15, 0.2) is 12.1 Å². The Morgan fingerprint density at radius 3 is 2.76 bits per heavy atom. The van der Waals surface area contributed by atoms with Crippen LogP contribution in [0.4, 0.5) is 11.5 Å². The van der Waals surface area contributed by atoms with Crippen molar-refractivity contribution < 1.29 is 4.74 Å². The second-order valence-corrected chi connectivity index (χ2v) is 4.07. The van der Waals surface area contributed by atoms with Gasteiger partial charge in [-0.05, 0) is 25.0 Å². The van der Waals surface area contributed by atoms with Crippen molar-refractivity contribution in [2.75, 3.05) is 24.2 Å². The van der Waals surface area contributed by atoms with Gasteiger partial charge in [0.25, 0.3) is 0 Å². The third kappa shape index (κ3) is 4.93. The number of aromatic nitrogens is 1. The van der Waals surface area contributed by atoms with E-state index in [1.165, 1.54) is 12.8 Å². The van der Waals surface area contributed by atoms with E-state index in [4.69, 9.17) is 10.5 Å². The normalized spacial score (nSPS) is 10.2. The lowest BCUT2D eigenvalue weighted by Crippen LogP contribution is -2.06. The number of rotatable bonds is 8. The van der Waals surface area contributed by atoms with E-state index in [9.17, 15) is 0 Å². The van der Waals surface area contributed by atoms with Gasteiger partial charge < -0.3 is 15.8 Å². The number of ether oxygens (including phenoxy) is 1. The Morgan fingerprint density at radius 2 is 2.06 bits per heavy atom. The third-order valence-electron chi connectivity index (χ3n) is 2.42. The fraction of sp³-hybridized carbons (Fsp3) is 0.615. The predicted molar refractivity (Wildman–Crippen MR) is 72.5 cm³/mol. The molecule has 1 aromatic heterocycles. The summed E-state index contributed by atoms with van der Waals surface area (Å²) in [7, 11) is 0. The summed E-state index contributed by atoms with van der Waals surface area (Å²) in [5.74, 6) is 1.37. The highest BCUT2D eigenvalue weighted by Gasteiger charge is 2.03. The molecule has 4 nitrogen and oxygen atoms in total. The smallest absolute Gasteiger partial charge is 0.239 e. The van der Waals surface area contributed by atoms with Crippen LogP contribution in [0, 0.1) is 0 Å². The second kappa shape index (κ2) is 7.76. The van der Waals surface area contributed by atoms with Crippen LogP contribution < -0.4 is 15.8 Å². The van der Waals surface area contributed by atoms with Crippen molar-refractivity contribution in [3.05, 3.63) is 12.1 Å². The van der Waals surface area contributed by atoms with Gasteiger partial charge in [0, 0.05) is 6.54 Å². The lowest BCUT2D eigenvalue weighted by molar-refractivity contribution is 0.307. The molecule has 0 radical (unpaired) electrons. The van der Waals surface area contributed by atoms with E-state index >= 15 is 0 Å². The SMILES string of the molecule is CCCCCNc1ccc(N)c(OCCC)n1. The number of nitrogens with one attached hydrogen (secondary N) is 1. The first-order chi connectivity index (χ1) is 8.27. The van der Waals surface area contributed by atoms with Crippen LogP contribution >= 0.6 is 0 Å². The molecule has 4 heteroatoms. The van der Waals surface area contributed by atoms with Gasteiger partial charge in [0.1, 0.15) is 5.82 Å². The molecular weight excluding hydrogens is 214 g/mol. The Hall–Kier alpha value is -1.45. The van der Waals surface area contributed by atoms with Crippen LogP contribution in [-0.2, 0) is 0 Å². The standard InChI is InChI=1S/C13H23N3O/c1-3-5-6-9-15-12-8-7-11(14)13(16-12)17-10-4-2/h7-8H,3-6,9-10,14H2,1-2H3,(H,15,16). The van der Waals surface area contributed by atoms with E-state index in [1.54, 1.807) is 0 Å². The first-order valence-electron chi connectivity index (χ1n) is 6.41. The summed E-state index contributed by atoms with van der Waals surface area (Å²) in [5, 5.41) is 3.28. The molecule has 0 saturated heterocycles. The molecule has 1 aromatic rings. The van der Waals surface area contributed by atoms with Crippen LogP contribution in [-0.4, -0.2) is 18.1 Å². The largest absolute Gasteiger partial charge is 0.476 e. The highest BCUT2D eigenvalue weighted by atomic mass is 16.5. The van der Waals surface area contributed by atoms with Gasteiger partial charge in [-0.1, -0.05) is 26.7 Å². The highest BCUT2D eigenvalue weighted by molar-refractivity contribution is 5.53. The Kier molecular flexibility index (Phi) is 6.22. The van der Waals surface area contributed by atoms with Crippen LogP contribution in [0.5, 0.6) is 5.88 Å². The molecule has 0 saturated carbocycles. The molecule has 0 aliphatic carbocycles. The van der Waals surface area contributed by atoms with E-state index in [0.717, 1.165) is 25.2 Å². The van der Waals surface area contributed by atoms with Gasteiger partial charge in [-0.2, -0.15) is 4.98 Å². The molecule has 1 rings (SSSR count). The maximum atomic E-state index is 5.79. The van der Waals surface area contributed by atoms with E-state index in [0.29, 0.717) is 18.2 Å². The molecule has 0 spiro atoms. The third-order valence-corrected chi connectivity index (χ3v) is 2.42. The Balaban J connectivity index is 2.49. The van der Waals surface area contributed by atoms with Gasteiger partial charge in [-0.15, -0.1) is 0 Å². The quantitative estimate of drug-likeness (QED) is 0.682. The molecule has 1 heterocycles. The lowest BCUT2D eigenvalue weighted by Gasteiger charge is -2.10. The minimum Gasteiger partial charge on any atom is -0.476 e. The number of nitrogen functional groups attached to an aromatic ring is 1. The van der Waals surface area contributed by atoms with E-state index in [-0.39, 0.29) is 0 Å². The molecule has 3 N–H and O–H groups in total. The van der Waals surface area contributed by atoms with Crippen molar-refractivity contribution >= 4 is 11.5 Å². The van der Waals surface area contributed by atoms with Crippen molar-refractivity contribution in [2.45, 2.75) is 39.5 Å². The fourth-order valence-corrected chi connectivity index (χ4v) is 1.46. The molecule has 0 bridgehead atoms. The Labute approximate surface area is 104 Å². The molecule has 0 atom stereocenters. The number of pyridine rings is 1. The molecule has 17 heavy (non-hydrogen) atoms. The maximum Gasteiger partial charge on any atom is 0.239 e. The van der Waals surface area contributed by atoms with Crippen molar-refractivity contribution in [3.63, 3.8) is 0 Å². The molecule has 0 amide bonds. The zero-order valence-corrected chi connectivity index (χ0v) is 10.8. The number of nitrogens with two attached hydrogens (primary N) is 1. The van der Waals surface area contributed by atoms with E-state index < -0.39 is 0 Å². The minimum absolute atomic E-state index is 0.535. The van der Waals surface area contributed by atoms with E-state index in [1.807, 2.05) is 12.1 Å². The van der Waals surface area contributed by atoms with Crippen molar-refractivity contribution in [3.8, 4) is 5.88 Å². The summed E-state index contributed by atoms with van der Waals surface area (Å²) in [6.07, 6.45) is 4.58. The average Bonchev–Trinajstić information content (AvgIpc) is 2.35. The summed E-state index contributed by atoms with van der Waals surface area (Å²) in [4.78, 5) is 4.35. The zero-order valence-electron chi connectivity index (χ0n) is 10.8. The Morgan fingerprint density at radius 1 is 1.24 bits per heavy atom. The number of hydrogen-bond acceptors (Lipinski definition) is 4. The predicted octanol–water partition coefficient (Wildman–Crippen LogP) is 3.05. The summed E-state index contributed by atoms with van der Waals surface area (Å²) >= 11 is 0. The lowest BCUT2D eigenvalue weighted by atomic mass is 10.2. The summed E-state index contributed by atoms with van der Waals surface area (Å²) in [6, 6.07) is 3.72. The van der Waals surface area contributed by atoms with Crippen molar-refractivity contribution in [2.24, 2.45) is 0 Å². The number of unbranched alkanes of at least 4 members (excludes halogenated alkanes) is 2. The van der Waals surface area contributed by atoms with Gasteiger partial charge in [-0.25, -0.2) is 0 Å². The van der Waals surface area contributed by atoms with Crippen LogP contribution in [0.1, 0.15) is 39.5 Å². The van der Waals surface area contributed by atoms with Gasteiger partial charge in [0.05, 0.1) is 12.3 Å². The minimum atomic E-state index is 0.535. The van der Waals surface area contributed by atoms with Gasteiger partial charge in [-0.3, -0.25) is 0 Å². The number of hydrogen-bond donors (Lipinski definition) is 2. The molecule has 0 aliphatic rings. The van der Waals surface area contributed by atoms with Crippen molar-refractivity contribution in [1.82, 2.24) is 4.98 Å². The number of nitrogens with zero attached hydrogens (tertiary/aromatic N) is 1. The summed E-state index contributed by atoms with van der Waals surface area (Å²) in [5.41, 5.74) is 6.39. The molecule has 0 aromatic carbocycles. The average molecular weight is 237 g/mol. The highest BCUT2D eigenvalue weighted by Crippen LogP contribution is 2.20. The van der Waals surface area contributed by atoms with Crippen LogP contribution in [0.25, 0.3) is 0 Å². The first-order valence-corrected chi connectivity index (χ1v) is 6.41. The molecule has 0 unspecified atom stereocenters. The number of anilines is 2. The van der Waals surface area contributed by atoms with Crippen molar-refractivity contribution in [1.29, 1.82) is 0 Å². The summed E-state index contributed by atoms with van der Waals surface area (Å²) < 4.78 is 5.48. The Bertz CT molecular complexity index is 328. The molecule has 0 fully saturated rings. The maximum absolute atomic E-state index is 5.79. The monoisotopic (exact) mass is 237 g/mol. The van der Waals surface area contributed by atoms with Gasteiger partial charge in [0.2, 0.25) is 5.88 Å². The van der Waals surface area contributed by atoms with Crippen LogP contribution in [0.3, 0.4) is 0 Å². The first kappa shape index (κ1) is 13.6. The van der Waals surface area contributed by atoms with Gasteiger partial charge in [0.15, 0.2) is 0 Å². The topological polar surface area (TPSA) is 60.2 Å². The second-order valence-electron chi connectivity index (χ2n) is 4.07. The fourth-order valence-electron chi connectivity index (χ4n) is 1.46. The van der Waals surface area contributed by atoms with Crippen LogP contribution in [0.2, 0.25) is 0 Å². The molecule has 0 aliphatic heterocycles. The zero-order chi connectivity index (χ0) is 12.5. The van der Waals surface area contributed by atoms with E-state index in [2.05, 4.69) is 24.1 Å². The summed E-state index contributed by atoms with van der Waals surface area (Å²) in [6.45, 7) is 5.84. The molecular formula is C13H23N3O.